The third-order valence-electron chi connectivity index (χ3n) is 5.40. The van der Waals surface area contributed by atoms with Crippen molar-refractivity contribution in [3.05, 3.63) is 93.8 Å². The molecule has 32 heavy (non-hydrogen) atoms. The van der Waals surface area contributed by atoms with Crippen LogP contribution in [0.25, 0.3) is 10.9 Å². The maximum atomic E-state index is 13.8. The number of carbonyl (C=O) groups excluding carboxylic acids is 1. The van der Waals surface area contributed by atoms with E-state index in [-0.39, 0.29) is 23.9 Å². The van der Waals surface area contributed by atoms with Gasteiger partial charge in [-0.3, -0.25) is 4.79 Å². The van der Waals surface area contributed by atoms with Crippen LogP contribution in [0.5, 0.6) is 11.5 Å². The van der Waals surface area contributed by atoms with E-state index in [9.17, 15) is 9.18 Å². The molecule has 1 atom stereocenters. The van der Waals surface area contributed by atoms with Crippen molar-refractivity contribution in [1.29, 1.82) is 0 Å². The highest BCUT2D eigenvalue weighted by molar-refractivity contribution is 9.10. The van der Waals surface area contributed by atoms with Crippen molar-refractivity contribution < 1.29 is 18.7 Å². The zero-order chi connectivity index (χ0) is 22.7. The summed E-state index contributed by atoms with van der Waals surface area (Å²) in [4.78, 5) is 16.1. The van der Waals surface area contributed by atoms with Gasteiger partial charge in [0.15, 0.2) is 11.5 Å². The van der Waals surface area contributed by atoms with Gasteiger partial charge in [-0.25, -0.2) is 4.39 Å². The third kappa shape index (κ3) is 4.34. The maximum absolute atomic E-state index is 13.8. The number of benzene rings is 3. The predicted octanol–water partition coefficient (Wildman–Crippen LogP) is 5.65. The minimum atomic E-state index is -0.479. The Balaban J connectivity index is 1.74. The molecule has 164 valence electrons. The summed E-state index contributed by atoms with van der Waals surface area (Å²) < 4.78 is 25.5. The molecule has 0 aliphatic carbocycles. The highest BCUT2D eigenvalue weighted by Gasteiger charge is 2.24. The van der Waals surface area contributed by atoms with E-state index in [1.165, 1.54) is 12.1 Å². The topological polar surface area (TPSA) is 63.3 Å². The molecule has 0 aliphatic heterocycles. The lowest BCUT2D eigenvalue weighted by atomic mass is 9.89. The van der Waals surface area contributed by atoms with Gasteiger partial charge in [-0.2, -0.15) is 0 Å². The van der Waals surface area contributed by atoms with Gasteiger partial charge in [0.1, 0.15) is 5.82 Å². The van der Waals surface area contributed by atoms with Crippen molar-refractivity contribution in [1.82, 2.24) is 10.3 Å². The van der Waals surface area contributed by atoms with Crippen molar-refractivity contribution in [2.24, 2.45) is 0 Å². The number of ether oxygens (including phenoxy) is 2. The van der Waals surface area contributed by atoms with E-state index < -0.39 is 5.82 Å². The first kappa shape index (κ1) is 21.9. The van der Waals surface area contributed by atoms with Gasteiger partial charge >= 0.3 is 0 Å². The first-order valence-corrected chi connectivity index (χ1v) is 10.8. The predicted molar refractivity (Wildman–Crippen MR) is 126 cm³/mol. The second kappa shape index (κ2) is 9.44. The van der Waals surface area contributed by atoms with E-state index in [0.717, 1.165) is 22.0 Å². The number of halogens is 2. The Morgan fingerprint density at radius 3 is 2.62 bits per heavy atom. The standard InChI is InChI=1S/C25H22BrFN2O3/c1-31-23-9-5-7-19(24(23)32-2)21(20-13-28-22-8-4-3-6-18(20)22)14-29-25(30)15-10-16(26)12-17(27)11-15/h3-13,21,28H,14H2,1-2H3,(H,29,30). The minimum absolute atomic E-state index is 0.239. The summed E-state index contributed by atoms with van der Waals surface area (Å²) in [6.07, 6.45) is 1.94. The molecule has 5 nitrogen and oxygen atoms in total. The molecule has 1 aromatic heterocycles. The number of rotatable bonds is 7. The number of nitrogens with one attached hydrogen (secondary N) is 2. The molecule has 7 heteroatoms. The lowest BCUT2D eigenvalue weighted by Gasteiger charge is -2.22. The Kier molecular flexibility index (Phi) is 6.46. The van der Waals surface area contributed by atoms with Gasteiger partial charge in [0.2, 0.25) is 0 Å². The smallest absolute Gasteiger partial charge is 0.251 e. The zero-order valence-electron chi connectivity index (χ0n) is 17.6. The summed E-state index contributed by atoms with van der Waals surface area (Å²) in [7, 11) is 3.18. The summed E-state index contributed by atoms with van der Waals surface area (Å²) in [6.45, 7) is 0.276. The molecule has 0 saturated carbocycles. The number of para-hydroxylation sites is 2. The number of amides is 1. The first-order chi connectivity index (χ1) is 15.5. The van der Waals surface area contributed by atoms with Gasteiger partial charge in [-0.15, -0.1) is 0 Å². The largest absolute Gasteiger partial charge is 0.493 e. The lowest BCUT2D eigenvalue weighted by Crippen LogP contribution is -2.29. The van der Waals surface area contributed by atoms with Crippen LogP contribution in [0.1, 0.15) is 27.4 Å². The highest BCUT2D eigenvalue weighted by atomic mass is 79.9. The molecule has 0 aliphatic rings. The molecule has 0 fully saturated rings. The average molecular weight is 497 g/mol. The molecule has 0 bridgehead atoms. The molecule has 2 N–H and O–H groups in total. The third-order valence-corrected chi connectivity index (χ3v) is 5.85. The molecular formula is C25H22BrFN2O3. The number of methoxy groups -OCH3 is 2. The number of hydrogen-bond donors (Lipinski definition) is 2. The van der Waals surface area contributed by atoms with Crippen LogP contribution in [-0.4, -0.2) is 31.7 Å². The molecule has 0 spiro atoms. The van der Waals surface area contributed by atoms with Gasteiger partial charge in [0, 0.05) is 45.2 Å². The fraction of sp³-hybridized carbons (Fsp3) is 0.160. The second-order valence-corrected chi connectivity index (χ2v) is 8.21. The van der Waals surface area contributed by atoms with Crippen molar-refractivity contribution in [2.45, 2.75) is 5.92 Å². The SMILES string of the molecule is COc1cccc(C(CNC(=O)c2cc(F)cc(Br)c2)c2c[nH]c3ccccc23)c1OC. The zero-order valence-corrected chi connectivity index (χ0v) is 19.2. The molecule has 1 unspecified atom stereocenters. The fourth-order valence-electron chi connectivity index (χ4n) is 3.94. The van der Waals surface area contributed by atoms with Crippen LogP contribution in [0, 0.1) is 5.82 Å². The number of hydrogen-bond acceptors (Lipinski definition) is 3. The van der Waals surface area contributed by atoms with Gasteiger partial charge in [0.05, 0.1) is 14.2 Å². The van der Waals surface area contributed by atoms with E-state index in [4.69, 9.17) is 9.47 Å². The van der Waals surface area contributed by atoms with Crippen molar-refractivity contribution >= 4 is 32.7 Å². The average Bonchev–Trinajstić information content (AvgIpc) is 3.22. The van der Waals surface area contributed by atoms with Crippen LogP contribution in [-0.2, 0) is 0 Å². The number of fused-ring (bicyclic) bond motifs is 1. The summed E-state index contributed by atoms with van der Waals surface area (Å²) in [5.74, 6) is 0.129. The summed E-state index contributed by atoms with van der Waals surface area (Å²) in [5.41, 5.74) is 3.12. The number of carbonyl (C=O) groups is 1. The van der Waals surface area contributed by atoms with Crippen molar-refractivity contribution in [3.8, 4) is 11.5 Å². The fourth-order valence-corrected chi connectivity index (χ4v) is 4.40. The van der Waals surface area contributed by atoms with E-state index in [0.29, 0.717) is 16.0 Å². The highest BCUT2D eigenvalue weighted by Crippen LogP contribution is 2.40. The van der Waals surface area contributed by atoms with Crippen molar-refractivity contribution in [3.63, 3.8) is 0 Å². The van der Waals surface area contributed by atoms with E-state index in [2.05, 4.69) is 26.2 Å². The summed E-state index contributed by atoms with van der Waals surface area (Å²) in [6, 6.07) is 17.8. The molecule has 0 radical (unpaired) electrons. The van der Waals surface area contributed by atoms with Crippen LogP contribution in [0.2, 0.25) is 0 Å². The molecule has 3 aromatic carbocycles. The Labute approximate surface area is 193 Å². The number of aromatic amines is 1. The molecule has 1 heterocycles. The lowest BCUT2D eigenvalue weighted by molar-refractivity contribution is 0.0952. The number of H-pyrrole nitrogens is 1. The molecule has 4 aromatic rings. The Hall–Kier alpha value is -3.32. The van der Waals surface area contributed by atoms with E-state index in [1.54, 1.807) is 20.3 Å². The van der Waals surface area contributed by atoms with Gasteiger partial charge < -0.3 is 19.8 Å². The first-order valence-electron chi connectivity index (χ1n) is 10.0. The molecule has 4 rings (SSSR count). The van der Waals surface area contributed by atoms with E-state index >= 15 is 0 Å². The van der Waals surface area contributed by atoms with Gasteiger partial charge in [0.25, 0.3) is 5.91 Å². The maximum Gasteiger partial charge on any atom is 0.251 e. The van der Waals surface area contributed by atoms with Crippen LogP contribution >= 0.6 is 15.9 Å². The summed E-state index contributed by atoms with van der Waals surface area (Å²) >= 11 is 3.24. The van der Waals surface area contributed by atoms with Crippen molar-refractivity contribution in [2.75, 3.05) is 20.8 Å². The van der Waals surface area contributed by atoms with Gasteiger partial charge in [-0.05, 0) is 35.9 Å². The normalized spacial score (nSPS) is 11.9. The van der Waals surface area contributed by atoms with Crippen LogP contribution in [0.4, 0.5) is 4.39 Å². The molecule has 1 amide bonds. The van der Waals surface area contributed by atoms with E-state index in [1.807, 2.05) is 48.7 Å². The van der Waals surface area contributed by atoms with Gasteiger partial charge in [-0.1, -0.05) is 46.3 Å². The molecule has 0 saturated heterocycles. The Bertz CT molecular complexity index is 1250. The minimum Gasteiger partial charge on any atom is -0.493 e. The number of aromatic nitrogens is 1. The quantitative estimate of drug-likeness (QED) is 0.347. The van der Waals surface area contributed by atoms with Crippen LogP contribution < -0.4 is 14.8 Å². The Morgan fingerprint density at radius 1 is 1.06 bits per heavy atom. The molecular weight excluding hydrogens is 475 g/mol. The summed E-state index contributed by atoms with van der Waals surface area (Å²) in [5, 5.41) is 4.00. The Morgan fingerprint density at radius 2 is 1.88 bits per heavy atom. The monoisotopic (exact) mass is 496 g/mol. The van der Waals surface area contributed by atoms with Crippen LogP contribution in [0.15, 0.2) is 71.3 Å². The van der Waals surface area contributed by atoms with Crippen LogP contribution in [0.3, 0.4) is 0 Å². The second-order valence-electron chi connectivity index (χ2n) is 7.29.